The van der Waals surface area contributed by atoms with E-state index in [0.717, 1.165) is 24.4 Å². The standard InChI is InChI=1S/C13H18FN/c1-10(11-6-7-11)15-9-8-12-4-2-3-5-13(12)14/h2-5,10-11,15H,6-9H2,1H3/t10-/m1/s1. The lowest BCUT2D eigenvalue weighted by Crippen LogP contribution is -2.29. The van der Waals surface area contributed by atoms with Crippen LogP contribution in [0.2, 0.25) is 0 Å². The van der Waals surface area contributed by atoms with Gasteiger partial charge in [0.2, 0.25) is 0 Å². The number of rotatable bonds is 5. The van der Waals surface area contributed by atoms with Gasteiger partial charge in [-0.15, -0.1) is 0 Å². The topological polar surface area (TPSA) is 12.0 Å². The summed E-state index contributed by atoms with van der Waals surface area (Å²) in [5, 5.41) is 3.45. The Labute approximate surface area is 90.7 Å². The van der Waals surface area contributed by atoms with Crippen molar-refractivity contribution >= 4 is 0 Å². The van der Waals surface area contributed by atoms with Crippen LogP contribution < -0.4 is 5.32 Å². The van der Waals surface area contributed by atoms with E-state index in [1.807, 2.05) is 12.1 Å². The van der Waals surface area contributed by atoms with E-state index in [0.29, 0.717) is 6.04 Å². The maximum atomic E-state index is 13.3. The van der Waals surface area contributed by atoms with Crippen LogP contribution in [0, 0.1) is 11.7 Å². The molecule has 82 valence electrons. The SMILES string of the molecule is C[C@@H](NCCc1ccccc1F)C1CC1. The van der Waals surface area contributed by atoms with E-state index in [1.165, 1.54) is 18.9 Å². The molecule has 2 rings (SSSR count). The normalized spacial score (nSPS) is 17.7. The molecule has 0 radical (unpaired) electrons. The summed E-state index contributed by atoms with van der Waals surface area (Å²) < 4.78 is 13.3. The van der Waals surface area contributed by atoms with Crippen LogP contribution in [-0.4, -0.2) is 12.6 Å². The van der Waals surface area contributed by atoms with Crippen LogP contribution in [0.15, 0.2) is 24.3 Å². The van der Waals surface area contributed by atoms with Crippen molar-refractivity contribution in [2.24, 2.45) is 5.92 Å². The van der Waals surface area contributed by atoms with Crippen LogP contribution in [0.1, 0.15) is 25.3 Å². The zero-order valence-electron chi connectivity index (χ0n) is 9.17. The lowest BCUT2D eigenvalue weighted by molar-refractivity contribution is 0.495. The van der Waals surface area contributed by atoms with Gasteiger partial charge >= 0.3 is 0 Å². The Morgan fingerprint density at radius 1 is 1.40 bits per heavy atom. The molecule has 0 unspecified atom stereocenters. The molecule has 0 aromatic heterocycles. The lowest BCUT2D eigenvalue weighted by Gasteiger charge is -2.12. The third kappa shape index (κ3) is 3.03. The van der Waals surface area contributed by atoms with Gasteiger partial charge in [0.25, 0.3) is 0 Å². The number of halogens is 1. The van der Waals surface area contributed by atoms with Crippen LogP contribution >= 0.6 is 0 Å². The summed E-state index contributed by atoms with van der Waals surface area (Å²) in [4.78, 5) is 0. The van der Waals surface area contributed by atoms with Crippen molar-refractivity contribution in [2.45, 2.75) is 32.2 Å². The van der Waals surface area contributed by atoms with Crippen LogP contribution in [0.3, 0.4) is 0 Å². The molecule has 15 heavy (non-hydrogen) atoms. The molecule has 0 amide bonds. The predicted octanol–water partition coefficient (Wildman–Crippen LogP) is 2.76. The molecule has 1 aliphatic rings. The van der Waals surface area contributed by atoms with E-state index in [9.17, 15) is 4.39 Å². The van der Waals surface area contributed by atoms with Gasteiger partial charge in [0.05, 0.1) is 0 Å². The summed E-state index contributed by atoms with van der Waals surface area (Å²) in [6.45, 7) is 3.09. The predicted molar refractivity (Wildman–Crippen MR) is 60.3 cm³/mol. The molecule has 0 saturated heterocycles. The minimum absolute atomic E-state index is 0.0848. The minimum atomic E-state index is -0.0848. The molecule has 0 heterocycles. The maximum absolute atomic E-state index is 13.3. The van der Waals surface area contributed by atoms with Crippen molar-refractivity contribution in [1.82, 2.24) is 5.32 Å². The van der Waals surface area contributed by atoms with Crippen LogP contribution in [0.5, 0.6) is 0 Å². The van der Waals surface area contributed by atoms with Gasteiger partial charge in [0.15, 0.2) is 0 Å². The van der Waals surface area contributed by atoms with Gasteiger partial charge in [-0.2, -0.15) is 0 Å². The van der Waals surface area contributed by atoms with Gasteiger partial charge < -0.3 is 5.32 Å². The van der Waals surface area contributed by atoms with E-state index >= 15 is 0 Å². The fourth-order valence-electron chi connectivity index (χ4n) is 1.90. The van der Waals surface area contributed by atoms with E-state index in [4.69, 9.17) is 0 Å². The van der Waals surface area contributed by atoms with Gasteiger partial charge in [-0.3, -0.25) is 0 Å². The van der Waals surface area contributed by atoms with Gasteiger partial charge in [0.1, 0.15) is 5.82 Å². The Bertz CT molecular complexity index is 320. The second kappa shape index (κ2) is 4.75. The van der Waals surface area contributed by atoms with Crippen molar-refractivity contribution in [3.63, 3.8) is 0 Å². The molecule has 1 aromatic carbocycles. The largest absolute Gasteiger partial charge is 0.314 e. The first-order chi connectivity index (χ1) is 7.27. The van der Waals surface area contributed by atoms with Crippen LogP contribution in [0.25, 0.3) is 0 Å². The Morgan fingerprint density at radius 3 is 2.80 bits per heavy atom. The van der Waals surface area contributed by atoms with Crippen molar-refractivity contribution in [2.75, 3.05) is 6.54 Å². The summed E-state index contributed by atoms with van der Waals surface area (Å²) in [6.07, 6.45) is 3.49. The first-order valence-electron chi connectivity index (χ1n) is 5.74. The first-order valence-corrected chi connectivity index (χ1v) is 5.74. The molecule has 0 spiro atoms. The van der Waals surface area contributed by atoms with Crippen molar-refractivity contribution in [3.8, 4) is 0 Å². The average molecular weight is 207 g/mol. The first kappa shape index (κ1) is 10.6. The fraction of sp³-hybridized carbons (Fsp3) is 0.538. The molecule has 1 N–H and O–H groups in total. The molecule has 1 fully saturated rings. The van der Waals surface area contributed by atoms with E-state index in [-0.39, 0.29) is 5.82 Å². The van der Waals surface area contributed by atoms with Gasteiger partial charge in [-0.05, 0) is 50.3 Å². The van der Waals surface area contributed by atoms with E-state index in [2.05, 4.69) is 12.2 Å². The third-order valence-corrected chi connectivity index (χ3v) is 3.15. The second-order valence-corrected chi connectivity index (χ2v) is 4.42. The number of hydrogen-bond acceptors (Lipinski definition) is 1. The maximum Gasteiger partial charge on any atom is 0.126 e. The molecule has 1 atom stereocenters. The Kier molecular flexibility index (Phi) is 3.37. The van der Waals surface area contributed by atoms with Crippen molar-refractivity contribution in [1.29, 1.82) is 0 Å². The molecule has 1 saturated carbocycles. The van der Waals surface area contributed by atoms with Gasteiger partial charge in [-0.25, -0.2) is 4.39 Å². The Hall–Kier alpha value is -0.890. The quantitative estimate of drug-likeness (QED) is 0.783. The average Bonchev–Trinajstić information content (AvgIpc) is 3.04. The smallest absolute Gasteiger partial charge is 0.126 e. The molecule has 0 bridgehead atoms. The van der Waals surface area contributed by atoms with E-state index < -0.39 is 0 Å². The van der Waals surface area contributed by atoms with Crippen LogP contribution in [0.4, 0.5) is 4.39 Å². The highest BCUT2D eigenvalue weighted by atomic mass is 19.1. The summed E-state index contributed by atoms with van der Waals surface area (Å²) in [6, 6.07) is 7.61. The van der Waals surface area contributed by atoms with Crippen molar-refractivity contribution < 1.29 is 4.39 Å². The molecule has 1 nitrogen and oxygen atoms in total. The Balaban J connectivity index is 1.75. The molecule has 1 aliphatic carbocycles. The van der Waals surface area contributed by atoms with Gasteiger partial charge in [-0.1, -0.05) is 18.2 Å². The zero-order chi connectivity index (χ0) is 10.7. The van der Waals surface area contributed by atoms with Crippen LogP contribution in [-0.2, 0) is 6.42 Å². The summed E-state index contributed by atoms with van der Waals surface area (Å²) in [5.74, 6) is 0.781. The summed E-state index contributed by atoms with van der Waals surface area (Å²) in [5.41, 5.74) is 0.813. The van der Waals surface area contributed by atoms with Gasteiger partial charge in [0, 0.05) is 6.04 Å². The number of nitrogens with one attached hydrogen (secondary N) is 1. The third-order valence-electron chi connectivity index (χ3n) is 3.15. The molecular formula is C13H18FN. The number of benzene rings is 1. The highest BCUT2D eigenvalue weighted by Gasteiger charge is 2.27. The zero-order valence-corrected chi connectivity index (χ0v) is 9.17. The minimum Gasteiger partial charge on any atom is -0.314 e. The highest BCUT2D eigenvalue weighted by Crippen LogP contribution is 2.32. The molecule has 1 aromatic rings. The molecule has 2 heteroatoms. The summed E-state index contributed by atoms with van der Waals surface area (Å²) in [7, 11) is 0. The summed E-state index contributed by atoms with van der Waals surface area (Å²) >= 11 is 0. The molecular weight excluding hydrogens is 189 g/mol. The Morgan fingerprint density at radius 2 is 2.13 bits per heavy atom. The second-order valence-electron chi connectivity index (χ2n) is 4.42. The molecule has 0 aliphatic heterocycles. The fourth-order valence-corrected chi connectivity index (χ4v) is 1.90. The number of hydrogen-bond donors (Lipinski definition) is 1. The van der Waals surface area contributed by atoms with E-state index in [1.54, 1.807) is 6.07 Å². The lowest BCUT2D eigenvalue weighted by atomic mass is 10.1. The van der Waals surface area contributed by atoms with Crippen molar-refractivity contribution in [3.05, 3.63) is 35.6 Å². The monoisotopic (exact) mass is 207 g/mol. The highest BCUT2D eigenvalue weighted by molar-refractivity contribution is 5.17.